The lowest BCUT2D eigenvalue weighted by Gasteiger charge is -2.21. The van der Waals surface area contributed by atoms with Crippen molar-refractivity contribution in [3.05, 3.63) is 0 Å². The van der Waals surface area contributed by atoms with Crippen molar-refractivity contribution in [1.29, 1.82) is 0 Å². The van der Waals surface area contributed by atoms with E-state index < -0.39 is 14.7 Å². The highest BCUT2D eigenvalue weighted by Gasteiger charge is 2.26. The van der Waals surface area contributed by atoms with Crippen molar-refractivity contribution < 1.29 is 8.60 Å². The molecule has 0 aliphatic heterocycles. The minimum Gasteiger partial charge on any atom is -0.250 e. The summed E-state index contributed by atoms with van der Waals surface area (Å²) >= 11 is 0. The van der Waals surface area contributed by atoms with Crippen molar-refractivity contribution in [2.24, 2.45) is 0 Å². The van der Waals surface area contributed by atoms with Crippen LogP contribution in [0.4, 0.5) is 4.39 Å². The van der Waals surface area contributed by atoms with Crippen LogP contribution < -0.4 is 4.72 Å². The van der Waals surface area contributed by atoms with E-state index in [1.54, 1.807) is 0 Å². The van der Waals surface area contributed by atoms with Gasteiger partial charge in [0, 0.05) is 6.54 Å². The van der Waals surface area contributed by atoms with Crippen molar-refractivity contribution >= 4 is 15.6 Å². The minimum absolute atomic E-state index is 0.573. The number of hydrogen-bond acceptors (Lipinski definition) is 1. The monoisotopic (exact) mass is 209 g/mol. The van der Waals surface area contributed by atoms with E-state index in [0.717, 1.165) is 19.3 Å². The lowest BCUT2D eigenvalue weighted by molar-refractivity contribution is 0.330. The Hall–Kier alpha value is -0.0900. The van der Waals surface area contributed by atoms with Crippen LogP contribution in [0.5, 0.6) is 0 Å². The van der Waals surface area contributed by atoms with Gasteiger partial charge < -0.3 is 0 Å². The lowest BCUT2D eigenvalue weighted by Crippen LogP contribution is -2.38. The molecule has 0 aromatic heterocycles. The molecule has 0 heterocycles. The van der Waals surface area contributed by atoms with Crippen LogP contribution in [-0.4, -0.2) is 21.6 Å². The second kappa shape index (κ2) is 4.96. The molecule has 0 aliphatic carbocycles. The first-order valence-electron chi connectivity index (χ1n) is 4.61. The molecular weight excluding hydrogens is 189 g/mol. The number of nitrogens with one attached hydrogen (secondary N) is 1. The SMILES string of the molecule is C=S(=O)(NCCCCC)C(C)(C)F. The summed E-state index contributed by atoms with van der Waals surface area (Å²) < 4.78 is 27.5. The van der Waals surface area contributed by atoms with Gasteiger partial charge in [0.2, 0.25) is 0 Å². The minimum atomic E-state index is -2.79. The maximum atomic E-state index is 13.3. The van der Waals surface area contributed by atoms with Crippen LogP contribution in [0.25, 0.3) is 0 Å². The van der Waals surface area contributed by atoms with Gasteiger partial charge >= 0.3 is 0 Å². The fraction of sp³-hybridized carbons (Fsp3) is 0.889. The van der Waals surface area contributed by atoms with Crippen molar-refractivity contribution in [2.75, 3.05) is 6.54 Å². The van der Waals surface area contributed by atoms with Crippen LogP contribution in [0.1, 0.15) is 40.0 Å². The van der Waals surface area contributed by atoms with Crippen molar-refractivity contribution in [3.63, 3.8) is 0 Å². The third kappa shape index (κ3) is 4.62. The van der Waals surface area contributed by atoms with E-state index in [4.69, 9.17) is 0 Å². The summed E-state index contributed by atoms with van der Waals surface area (Å²) in [4.78, 5) is 0. The average molecular weight is 209 g/mol. The largest absolute Gasteiger partial charge is 0.250 e. The van der Waals surface area contributed by atoms with Gasteiger partial charge in [0.25, 0.3) is 0 Å². The predicted octanol–water partition coefficient (Wildman–Crippen LogP) is 2.10. The Bertz CT molecular complexity index is 228. The van der Waals surface area contributed by atoms with Crippen LogP contribution in [0.2, 0.25) is 0 Å². The molecule has 0 saturated carbocycles. The quantitative estimate of drug-likeness (QED) is 0.527. The van der Waals surface area contributed by atoms with E-state index in [2.05, 4.69) is 17.5 Å². The second-order valence-corrected chi connectivity index (χ2v) is 6.25. The Kier molecular flexibility index (Phi) is 4.92. The van der Waals surface area contributed by atoms with Crippen molar-refractivity contribution in [1.82, 2.24) is 4.72 Å². The fourth-order valence-electron chi connectivity index (χ4n) is 0.784. The number of alkyl halides is 1. The van der Waals surface area contributed by atoms with Gasteiger partial charge in [-0.15, -0.1) is 0 Å². The number of unbranched alkanes of at least 4 members (excludes halogenated alkanes) is 2. The van der Waals surface area contributed by atoms with E-state index in [-0.39, 0.29) is 0 Å². The molecule has 0 bridgehead atoms. The van der Waals surface area contributed by atoms with Crippen LogP contribution in [0.15, 0.2) is 0 Å². The zero-order valence-corrected chi connectivity index (χ0v) is 9.55. The van der Waals surface area contributed by atoms with Crippen LogP contribution in [-0.2, 0) is 9.71 Å². The molecule has 0 spiro atoms. The third-order valence-corrected chi connectivity index (χ3v) is 4.14. The third-order valence-electron chi connectivity index (χ3n) is 1.90. The summed E-state index contributed by atoms with van der Waals surface area (Å²) in [5.74, 6) is 3.38. The number of halogens is 1. The Morgan fingerprint density at radius 1 is 1.46 bits per heavy atom. The normalized spacial score (nSPS) is 16.9. The van der Waals surface area contributed by atoms with Gasteiger partial charge in [0.05, 0.1) is 9.71 Å². The molecule has 4 heteroatoms. The highest BCUT2D eigenvalue weighted by Crippen LogP contribution is 2.15. The van der Waals surface area contributed by atoms with Crippen molar-refractivity contribution in [3.8, 4) is 0 Å². The van der Waals surface area contributed by atoms with Crippen LogP contribution in [0, 0.1) is 0 Å². The number of hydrogen-bond donors (Lipinski definition) is 1. The molecule has 0 fully saturated rings. The maximum absolute atomic E-state index is 13.3. The Labute approximate surface area is 81.1 Å². The highest BCUT2D eigenvalue weighted by atomic mass is 32.2. The highest BCUT2D eigenvalue weighted by molar-refractivity contribution is 7.99. The molecule has 13 heavy (non-hydrogen) atoms. The second-order valence-electron chi connectivity index (χ2n) is 3.64. The summed E-state index contributed by atoms with van der Waals surface area (Å²) in [5, 5.41) is -1.75. The Morgan fingerprint density at radius 2 is 2.00 bits per heavy atom. The first kappa shape index (κ1) is 12.9. The summed E-state index contributed by atoms with van der Waals surface area (Å²) in [5.41, 5.74) is 0. The van der Waals surface area contributed by atoms with Gasteiger partial charge in [0.1, 0.15) is 0 Å². The zero-order valence-electron chi connectivity index (χ0n) is 8.73. The zero-order chi connectivity index (χ0) is 10.5. The molecule has 1 unspecified atom stereocenters. The first-order valence-corrected chi connectivity index (χ1v) is 6.34. The molecule has 0 amide bonds. The summed E-state index contributed by atoms with van der Waals surface area (Å²) in [6.45, 7) is 5.23. The molecule has 0 rings (SSSR count). The summed E-state index contributed by atoms with van der Waals surface area (Å²) in [6, 6.07) is 0. The van der Waals surface area contributed by atoms with E-state index >= 15 is 0 Å². The van der Waals surface area contributed by atoms with Gasteiger partial charge in [-0.1, -0.05) is 19.8 Å². The first-order chi connectivity index (χ1) is 5.81. The fourth-order valence-corrected chi connectivity index (χ4v) is 1.60. The van der Waals surface area contributed by atoms with Crippen LogP contribution in [0.3, 0.4) is 0 Å². The Balaban J connectivity index is 3.92. The predicted molar refractivity (Wildman–Crippen MR) is 58.0 cm³/mol. The van der Waals surface area contributed by atoms with Gasteiger partial charge in [-0.3, -0.25) is 0 Å². The Morgan fingerprint density at radius 3 is 2.38 bits per heavy atom. The average Bonchev–Trinajstić information content (AvgIpc) is 1.96. The van der Waals surface area contributed by atoms with E-state index in [1.165, 1.54) is 13.8 Å². The van der Waals surface area contributed by atoms with Gasteiger partial charge in [-0.05, 0) is 26.1 Å². The van der Waals surface area contributed by atoms with E-state index in [9.17, 15) is 8.60 Å². The van der Waals surface area contributed by atoms with Crippen LogP contribution >= 0.6 is 0 Å². The summed E-state index contributed by atoms with van der Waals surface area (Å²) in [6.07, 6.45) is 3.08. The van der Waals surface area contributed by atoms with Gasteiger partial charge in [-0.25, -0.2) is 13.3 Å². The van der Waals surface area contributed by atoms with E-state index in [1.807, 2.05) is 0 Å². The topological polar surface area (TPSA) is 29.1 Å². The van der Waals surface area contributed by atoms with E-state index in [0.29, 0.717) is 6.54 Å². The maximum Gasteiger partial charge on any atom is 0.184 e. The van der Waals surface area contributed by atoms with Gasteiger partial charge in [0.15, 0.2) is 5.00 Å². The van der Waals surface area contributed by atoms with Gasteiger partial charge in [-0.2, -0.15) is 0 Å². The molecule has 80 valence electrons. The molecule has 2 nitrogen and oxygen atoms in total. The number of rotatable bonds is 6. The van der Waals surface area contributed by atoms with Crippen molar-refractivity contribution in [2.45, 2.75) is 45.0 Å². The molecule has 1 atom stereocenters. The summed E-state index contributed by atoms with van der Waals surface area (Å²) in [7, 11) is -2.79. The molecule has 0 saturated heterocycles. The standard InChI is InChI=1S/C9H20FNOS/c1-5-6-7-8-11-13(4,12)9(2,3)10/h4-8H2,1-3H3,(H,11,12). The molecule has 1 N–H and O–H groups in total. The smallest absolute Gasteiger partial charge is 0.184 e. The molecular formula is C9H20FNOS. The molecule has 0 radical (unpaired) electrons. The molecule has 0 aliphatic rings. The molecule has 0 aromatic rings. The lowest BCUT2D eigenvalue weighted by atomic mass is 10.3. The molecule has 0 aromatic carbocycles.